The molecule has 0 saturated carbocycles. The second kappa shape index (κ2) is 3.52. The Kier molecular flexibility index (Phi) is 2.03. The molecule has 0 spiro atoms. The lowest BCUT2D eigenvalue weighted by Crippen LogP contribution is -2.22. The first-order valence-corrected chi connectivity index (χ1v) is 5.27. The zero-order chi connectivity index (χ0) is 11.0. The SMILES string of the molecule is N=C1c2ccccc2CN1Cc1ccoc1. The number of nitrogens with one attached hydrogen (secondary N) is 1. The van der Waals surface area contributed by atoms with Crippen LogP contribution in [-0.2, 0) is 13.1 Å². The summed E-state index contributed by atoms with van der Waals surface area (Å²) in [6.07, 6.45) is 3.40. The lowest BCUT2D eigenvalue weighted by molar-refractivity contribution is 0.419. The molecule has 0 unspecified atom stereocenters. The lowest BCUT2D eigenvalue weighted by atomic mass is 10.1. The second-order valence-corrected chi connectivity index (χ2v) is 3.99. The fourth-order valence-electron chi connectivity index (χ4n) is 2.08. The van der Waals surface area contributed by atoms with Crippen molar-refractivity contribution in [3.05, 3.63) is 59.5 Å². The van der Waals surface area contributed by atoms with E-state index in [1.165, 1.54) is 5.56 Å². The van der Waals surface area contributed by atoms with Crippen molar-refractivity contribution in [2.45, 2.75) is 13.1 Å². The van der Waals surface area contributed by atoms with Crippen LogP contribution < -0.4 is 0 Å². The number of amidine groups is 1. The Labute approximate surface area is 93.8 Å². The first kappa shape index (κ1) is 9.21. The topological polar surface area (TPSA) is 40.2 Å². The Bertz CT molecular complexity index is 514. The summed E-state index contributed by atoms with van der Waals surface area (Å²) in [5.41, 5.74) is 3.39. The van der Waals surface area contributed by atoms with Crippen LogP contribution in [0, 0.1) is 5.41 Å². The summed E-state index contributed by atoms with van der Waals surface area (Å²) in [7, 11) is 0. The number of furan rings is 1. The van der Waals surface area contributed by atoms with Crippen LogP contribution in [0.2, 0.25) is 0 Å². The highest BCUT2D eigenvalue weighted by atomic mass is 16.3. The Balaban J connectivity index is 1.85. The molecule has 2 aromatic rings. The van der Waals surface area contributed by atoms with E-state index in [4.69, 9.17) is 9.83 Å². The maximum Gasteiger partial charge on any atom is 0.129 e. The molecule has 3 nitrogen and oxygen atoms in total. The van der Waals surface area contributed by atoms with Gasteiger partial charge in [-0.05, 0) is 11.6 Å². The normalized spacial score (nSPS) is 14.2. The molecule has 0 saturated heterocycles. The van der Waals surface area contributed by atoms with Crippen molar-refractivity contribution >= 4 is 5.84 Å². The second-order valence-electron chi connectivity index (χ2n) is 3.99. The van der Waals surface area contributed by atoms with E-state index in [0.717, 1.165) is 24.2 Å². The van der Waals surface area contributed by atoms with Gasteiger partial charge in [0.15, 0.2) is 0 Å². The van der Waals surface area contributed by atoms with Gasteiger partial charge in [0.25, 0.3) is 0 Å². The molecule has 0 amide bonds. The van der Waals surface area contributed by atoms with Crippen molar-refractivity contribution in [3.8, 4) is 0 Å². The highest BCUT2D eigenvalue weighted by molar-refractivity contribution is 6.00. The molecule has 0 atom stereocenters. The van der Waals surface area contributed by atoms with Gasteiger partial charge in [-0.2, -0.15) is 0 Å². The van der Waals surface area contributed by atoms with Crippen LogP contribution in [0.4, 0.5) is 0 Å². The summed E-state index contributed by atoms with van der Waals surface area (Å²) in [5, 5.41) is 8.09. The standard InChI is InChI=1S/C13H12N2O/c14-13-12-4-2-1-3-11(12)8-15(13)7-10-5-6-16-9-10/h1-6,9,14H,7-8H2. The predicted molar refractivity (Wildman–Crippen MR) is 61.2 cm³/mol. The first-order valence-electron chi connectivity index (χ1n) is 5.27. The highest BCUT2D eigenvalue weighted by Crippen LogP contribution is 2.23. The smallest absolute Gasteiger partial charge is 0.129 e. The highest BCUT2D eigenvalue weighted by Gasteiger charge is 2.23. The lowest BCUT2D eigenvalue weighted by Gasteiger charge is -2.16. The van der Waals surface area contributed by atoms with Crippen molar-refractivity contribution in [1.29, 1.82) is 5.41 Å². The van der Waals surface area contributed by atoms with Gasteiger partial charge in [0, 0.05) is 24.2 Å². The molecule has 0 fully saturated rings. The van der Waals surface area contributed by atoms with E-state index in [1.807, 2.05) is 24.3 Å². The summed E-state index contributed by atoms with van der Waals surface area (Å²) in [6, 6.07) is 10.0. The van der Waals surface area contributed by atoms with Gasteiger partial charge in [-0.3, -0.25) is 5.41 Å². The van der Waals surface area contributed by atoms with Gasteiger partial charge in [-0.15, -0.1) is 0 Å². The van der Waals surface area contributed by atoms with Crippen LogP contribution in [0.25, 0.3) is 0 Å². The first-order chi connectivity index (χ1) is 7.84. The summed E-state index contributed by atoms with van der Waals surface area (Å²) in [4.78, 5) is 2.05. The minimum absolute atomic E-state index is 0.608. The van der Waals surface area contributed by atoms with Gasteiger partial charge < -0.3 is 9.32 Å². The zero-order valence-corrected chi connectivity index (χ0v) is 8.81. The van der Waals surface area contributed by atoms with E-state index in [0.29, 0.717) is 5.84 Å². The van der Waals surface area contributed by atoms with Gasteiger partial charge in [-0.25, -0.2) is 0 Å². The Morgan fingerprint density at radius 3 is 2.88 bits per heavy atom. The van der Waals surface area contributed by atoms with Crippen molar-refractivity contribution in [2.24, 2.45) is 0 Å². The van der Waals surface area contributed by atoms with Gasteiger partial charge >= 0.3 is 0 Å². The van der Waals surface area contributed by atoms with E-state index in [-0.39, 0.29) is 0 Å². The number of fused-ring (bicyclic) bond motifs is 1. The molecule has 1 aromatic carbocycles. The molecule has 3 rings (SSSR count). The number of hydrogen-bond donors (Lipinski definition) is 1. The predicted octanol–water partition coefficient (Wildman–Crippen LogP) is 2.62. The molecule has 0 aliphatic carbocycles. The van der Waals surface area contributed by atoms with Crippen LogP contribution in [0.15, 0.2) is 47.3 Å². The van der Waals surface area contributed by atoms with E-state index in [9.17, 15) is 0 Å². The molecule has 2 heterocycles. The van der Waals surface area contributed by atoms with Crippen molar-refractivity contribution in [1.82, 2.24) is 4.90 Å². The largest absolute Gasteiger partial charge is 0.472 e. The van der Waals surface area contributed by atoms with Crippen molar-refractivity contribution in [3.63, 3.8) is 0 Å². The van der Waals surface area contributed by atoms with Crippen LogP contribution in [0.5, 0.6) is 0 Å². The quantitative estimate of drug-likeness (QED) is 0.831. The molecular weight excluding hydrogens is 200 g/mol. The zero-order valence-electron chi connectivity index (χ0n) is 8.81. The third kappa shape index (κ3) is 1.41. The Morgan fingerprint density at radius 2 is 2.12 bits per heavy atom. The molecule has 1 N–H and O–H groups in total. The molecule has 1 aliphatic heterocycles. The van der Waals surface area contributed by atoms with Gasteiger partial charge in [0.05, 0.1) is 12.5 Å². The molecular formula is C13H12N2O. The fraction of sp³-hybridized carbons (Fsp3) is 0.154. The molecule has 3 heteroatoms. The summed E-state index contributed by atoms with van der Waals surface area (Å²) < 4.78 is 5.04. The molecule has 1 aromatic heterocycles. The fourth-order valence-corrected chi connectivity index (χ4v) is 2.08. The Hall–Kier alpha value is -2.03. The summed E-state index contributed by atoms with van der Waals surface area (Å²) in [5.74, 6) is 0.608. The third-order valence-corrected chi connectivity index (χ3v) is 2.90. The maximum absolute atomic E-state index is 8.09. The van der Waals surface area contributed by atoms with E-state index >= 15 is 0 Å². The molecule has 0 bridgehead atoms. The van der Waals surface area contributed by atoms with Crippen LogP contribution in [-0.4, -0.2) is 10.7 Å². The van der Waals surface area contributed by atoms with Crippen molar-refractivity contribution < 1.29 is 4.42 Å². The van der Waals surface area contributed by atoms with Crippen LogP contribution in [0.3, 0.4) is 0 Å². The van der Waals surface area contributed by atoms with Crippen molar-refractivity contribution in [2.75, 3.05) is 0 Å². The molecule has 16 heavy (non-hydrogen) atoms. The third-order valence-electron chi connectivity index (χ3n) is 2.90. The van der Waals surface area contributed by atoms with Gasteiger partial charge in [0.2, 0.25) is 0 Å². The minimum Gasteiger partial charge on any atom is -0.472 e. The summed E-state index contributed by atoms with van der Waals surface area (Å²) >= 11 is 0. The Morgan fingerprint density at radius 1 is 1.25 bits per heavy atom. The van der Waals surface area contributed by atoms with Crippen LogP contribution in [0.1, 0.15) is 16.7 Å². The van der Waals surface area contributed by atoms with Gasteiger partial charge in [0.1, 0.15) is 5.84 Å². The molecule has 0 radical (unpaired) electrons. The number of benzene rings is 1. The molecule has 1 aliphatic rings. The van der Waals surface area contributed by atoms with E-state index in [2.05, 4.69) is 11.0 Å². The molecule has 80 valence electrons. The minimum atomic E-state index is 0.608. The number of rotatable bonds is 2. The van der Waals surface area contributed by atoms with E-state index in [1.54, 1.807) is 12.5 Å². The van der Waals surface area contributed by atoms with Crippen LogP contribution >= 0.6 is 0 Å². The number of nitrogens with zero attached hydrogens (tertiary/aromatic N) is 1. The average molecular weight is 212 g/mol. The summed E-state index contributed by atoms with van der Waals surface area (Å²) in [6.45, 7) is 1.56. The monoisotopic (exact) mass is 212 g/mol. The van der Waals surface area contributed by atoms with E-state index < -0.39 is 0 Å². The maximum atomic E-state index is 8.09. The number of hydrogen-bond acceptors (Lipinski definition) is 2. The average Bonchev–Trinajstić information content (AvgIpc) is 2.90. The van der Waals surface area contributed by atoms with Gasteiger partial charge in [-0.1, -0.05) is 24.3 Å².